The molecule has 1 rings (SSSR count). The molecule has 116 valence electrons. The Morgan fingerprint density at radius 3 is 2.65 bits per heavy atom. The number of piperidine rings is 1. The summed E-state index contributed by atoms with van der Waals surface area (Å²) in [6.45, 7) is 10.2. The topological polar surface area (TPSA) is 58.6 Å². The maximum atomic E-state index is 12.0. The van der Waals surface area contributed by atoms with E-state index in [1.807, 2.05) is 25.7 Å². The maximum absolute atomic E-state index is 12.0. The Bertz CT molecular complexity index is 342. The molecule has 0 radical (unpaired) electrons. The van der Waals surface area contributed by atoms with Crippen LogP contribution in [0.2, 0.25) is 0 Å². The van der Waals surface area contributed by atoms with Gasteiger partial charge in [0.15, 0.2) is 0 Å². The van der Waals surface area contributed by atoms with Crippen molar-refractivity contribution in [3.63, 3.8) is 0 Å². The first-order valence-corrected chi connectivity index (χ1v) is 7.58. The molecular formula is C15H28N2O3. The van der Waals surface area contributed by atoms with E-state index in [0.29, 0.717) is 19.7 Å². The highest BCUT2D eigenvalue weighted by Gasteiger charge is 2.28. The molecule has 0 aliphatic carbocycles. The minimum absolute atomic E-state index is 0.0290. The SMILES string of the molecule is CCOC(=O)C1CCCN(CC(=O)NC(C)(C)CC)C1. The summed E-state index contributed by atoms with van der Waals surface area (Å²) in [5.74, 6) is -0.191. The maximum Gasteiger partial charge on any atom is 0.310 e. The number of rotatable bonds is 6. The van der Waals surface area contributed by atoms with Gasteiger partial charge >= 0.3 is 5.97 Å². The predicted octanol–water partition coefficient (Wildman–Crippen LogP) is 1.57. The molecule has 1 amide bonds. The number of amides is 1. The molecule has 0 aromatic rings. The van der Waals surface area contributed by atoms with Gasteiger partial charge in [-0.15, -0.1) is 0 Å². The molecule has 1 heterocycles. The smallest absolute Gasteiger partial charge is 0.310 e. The third-order valence-corrected chi connectivity index (χ3v) is 3.85. The van der Waals surface area contributed by atoms with Crippen LogP contribution in [0.4, 0.5) is 0 Å². The van der Waals surface area contributed by atoms with E-state index in [9.17, 15) is 9.59 Å². The summed E-state index contributed by atoms with van der Waals surface area (Å²) in [5, 5.41) is 3.03. The molecule has 1 fully saturated rings. The van der Waals surface area contributed by atoms with E-state index < -0.39 is 0 Å². The molecule has 1 aliphatic heterocycles. The first-order valence-electron chi connectivity index (χ1n) is 7.58. The molecule has 0 saturated carbocycles. The fraction of sp³-hybridized carbons (Fsp3) is 0.867. The lowest BCUT2D eigenvalue weighted by molar-refractivity contribution is -0.150. The molecule has 1 unspecified atom stereocenters. The number of hydrogen-bond donors (Lipinski definition) is 1. The number of ether oxygens (including phenoxy) is 1. The molecule has 1 N–H and O–H groups in total. The number of hydrogen-bond acceptors (Lipinski definition) is 4. The highest BCUT2D eigenvalue weighted by molar-refractivity contribution is 5.79. The standard InChI is InChI=1S/C15H28N2O3/c1-5-15(3,4)16-13(18)11-17-9-7-8-12(10-17)14(19)20-6-2/h12H,5-11H2,1-4H3,(H,16,18). The number of carbonyl (C=O) groups excluding carboxylic acids is 2. The van der Waals surface area contributed by atoms with Gasteiger partial charge in [0.05, 0.1) is 19.1 Å². The minimum Gasteiger partial charge on any atom is -0.466 e. The van der Waals surface area contributed by atoms with Crippen molar-refractivity contribution >= 4 is 11.9 Å². The third kappa shape index (κ3) is 5.49. The van der Waals surface area contributed by atoms with Crippen molar-refractivity contribution in [1.29, 1.82) is 0 Å². The number of nitrogens with zero attached hydrogens (tertiary/aromatic N) is 1. The van der Waals surface area contributed by atoms with Gasteiger partial charge in [0, 0.05) is 12.1 Å². The van der Waals surface area contributed by atoms with E-state index in [1.165, 1.54) is 0 Å². The van der Waals surface area contributed by atoms with Gasteiger partial charge in [-0.3, -0.25) is 14.5 Å². The van der Waals surface area contributed by atoms with Crippen molar-refractivity contribution < 1.29 is 14.3 Å². The molecule has 0 bridgehead atoms. The normalized spacial score (nSPS) is 20.5. The van der Waals surface area contributed by atoms with Crippen LogP contribution in [0.3, 0.4) is 0 Å². The fourth-order valence-corrected chi connectivity index (χ4v) is 2.36. The second-order valence-electron chi connectivity index (χ2n) is 6.11. The first kappa shape index (κ1) is 17.0. The van der Waals surface area contributed by atoms with E-state index >= 15 is 0 Å². The molecule has 0 spiro atoms. The van der Waals surface area contributed by atoms with Crippen molar-refractivity contribution in [2.75, 3.05) is 26.2 Å². The summed E-state index contributed by atoms with van der Waals surface area (Å²) in [5.41, 5.74) is -0.173. The average Bonchev–Trinajstić information content (AvgIpc) is 2.38. The quantitative estimate of drug-likeness (QED) is 0.752. The Kier molecular flexibility index (Phi) is 6.46. The van der Waals surface area contributed by atoms with Crippen molar-refractivity contribution in [3.05, 3.63) is 0 Å². The van der Waals surface area contributed by atoms with Crippen LogP contribution < -0.4 is 5.32 Å². The fourth-order valence-electron chi connectivity index (χ4n) is 2.36. The largest absolute Gasteiger partial charge is 0.466 e. The van der Waals surface area contributed by atoms with Crippen molar-refractivity contribution in [2.24, 2.45) is 5.92 Å². The molecule has 5 nitrogen and oxygen atoms in total. The number of nitrogens with one attached hydrogen (secondary N) is 1. The highest BCUT2D eigenvalue weighted by Crippen LogP contribution is 2.17. The van der Waals surface area contributed by atoms with Gasteiger partial charge in [-0.2, -0.15) is 0 Å². The molecule has 1 atom stereocenters. The van der Waals surface area contributed by atoms with Crippen molar-refractivity contribution in [3.8, 4) is 0 Å². The first-order chi connectivity index (χ1) is 9.38. The predicted molar refractivity (Wildman–Crippen MR) is 78.3 cm³/mol. The summed E-state index contributed by atoms with van der Waals surface area (Å²) in [6.07, 6.45) is 2.69. The zero-order chi connectivity index (χ0) is 15.2. The van der Waals surface area contributed by atoms with Crippen LogP contribution in [0, 0.1) is 5.92 Å². The Labute approximate surface area is 122 Å². The van der Waals surface area contributed by atoms with E-state index in [2.05, 4.69) is 12.2 Å². The lowest BCUT2D eigenvalue weighted by atomic mass is 9.98. The number of carbonyl (C=O) groups is 2. The van der Waals surface area contributed by atoms with E-state index in [0.717, 1.165) is 25.8 Å². The van der Waals surface area contributed by atoms with E-state index in [1.54, 1.807) is 0 Å². The van der Waals surface area contributed by atoms with Gasteiger partial charge in [0.2, 0.25) is 5.91 Å². The van der Waals surface area contributed by atoms with Gasteiger partial charge in [0.1, 0.15) is 0 Å². The Morgan fingerprint density at radius 2 is 2.05 bits per heavy atom. The molecule has 0 aromatic heterocycles. The van der Waals surface area contributed by atoms with Crippen LogP contribution in [0.15, 0.2) is 0 Å². The molecule has 20 heavy (non-hydrogen) atoms. The van der Waals surface area contributed by atoms with Gasteiger partial charge in [-0.25, -0.2) is 0 Å². The van der Waals surface area contributed by atoms with Crippen LogP contribution in [0.25, 0.3) is 0 Å². The van der Waals surface area contributed by atoms with Crippen LogP contribution in [0.5, 0.6) is 0 Å². The van der Waals surface area contributed by atoms with Crippen LogP contribution >= 0.6 is 0 Å². The monoisotopic (exact) mass is 284 g/mol. The number of esters is 1. The summed E-state index contributed by atoms with van der Waals surface area (Å²) in [4.78, 5) is 25.8. The van der Waals surface area contributed by atoms with E-state index in [4.69, 9.17) is 4.74 Å². The van der Waals surface area contributed by atoms with Crippen molar-refractivity contribution in [2.45, 2.75) is 52.5 Å². The van der Waals surface area contributed by atoms with Gasteiger partial charge in [0.25, 0.3) is 0 Å². The summed E-state index contributed by atoms with van der Waals surface area (Å²) >= 11 is 0. The lowest BCUT2D eigenvalue weighted by Crippen LogP contribution is -2.49. The summed E-state index contributed by atoms with van der Waals surface area (Å²) < 4.78 is 5.07. The van der Waals surface area contributed by atoms with Gasteiger partial charge in [-0.05, 0) is 46.6 Å². The summed E-state index contributed by atoms with van der Waals surface area (Å²) in [6, 6.07) is 0. The van der Waals surface area contributed by atoms with Crippen LogP contribution in [-0.2, 0) is 14.3 Å². The highest BCUT2D eigenvalue weighted by atomic mass is 16.5. The molecule has 5 heteroatoms. The Balaban J connectivity index is 2.44. The van der Waals surface area contributed by atoms with Gasteiger partial charge in [-0.1, -0.05) is 6.92 Å². The molecule has 0 aromatic carbocycles. The van der Waals surface area contributed by atoms with Crippen LogP contribution in [0.1, 0.15) is 47.0 Å². The van der Waals surface area contributed by atoms with E-state index in [-0.39, 0.29) is 23.3 Å². The third-order valence-electron chi connectivity index (χ3n) is 3.85. The molecular weight excluding hydrogens is 256 g/mol. The summed E-state index contributed by atoms with van der Waals surface area (Å²) in [7, 11) is 0. The zero-order valence-electron chi connectivity index (χ0n) is 13.2. The second-order valence-corrected chi connectivity index (χ2v) is 6.11. The van der Waals surface area contributed by atoms with Gasteiger partial charge < -0.3 is 10.1 Å². The minimum atomic E-state index is -0.173. The second kappa shape index (κ2) is 7.62. The molecule has 1 aliphatic rings. The molecule has 1 saturated heterocycles. The average molecular weight is 284 g/mol. The number of likely N-dealkylation sites (tertiary alicyclic amines) is 1. The Hall–Kier alpha value is -1.10. The zero-order valence-corrected chi connectivity index (χ0v) is 13.2. The van der Waals surface area contributed by atoms with Crippen molar-refractivity contribution in [1.82, 2.24) is 10.2 Å². The Morgan fingerprint density at radius 1 is 1.35 bits per heavy atom. The van der Waals surface area contributed by atoms with Crippen LogP contribution in [-0.4, -0.2) is 48.6 Å². The lowest BCUT2D eigenvalue weighted by Gasteiger charge is -2.32.